The lowest BCUT2D eigenvalue weighted by Crippen LogP contribution is -2.28. The van der Waals surface area contributed by atoms with Gasteiger partial charge in [0.1, 0.15) is 11.5 Å². The number of nitrogens with zero attached hydrogens (tertiary/aromatic N) is 2. The molecule has 5 rings (SSSR count). The van der Waals surface area contributed by atoms with Crippen molar-refractivity contribution in [1.29, 1.82) is 0 Å². The highest BCUT2D eigenvalue weighted by Gasteiger charge is 2.35. The van der Waals surface area contributed by atoms with Gasteiger partial charge in [0.25, 0.3) is 5.91 Å². The number of hydrogen-bond acceptors (Lipinski definition) is 4. The van der Waals surface area contributed by atoms with E-state index in [9.17, 15) is 4.79 Å². The van der Waals surface area contributed by atoms with Crippen LogP contribution in [-0.4, -0.2) is 11.1 Å². The van der Waals surface area contributed by atoms with Gasteiger partial charge in [0.2, 0.25) is 0 Å². The van der Waals surface area contributed by atoms with Gasteiger partial charge in [0.05, 0.1) is 16.3 Å². The number of benzene rings is 3. The highest BCUT2D eigenvalue weighted by Crippen LogP contribution is 2.37. The Bertz CT molecular complexity index is 1310. The summed E-state index contributed by atoms with van der Waals surface area (Å²) in [6.07, 6.45) is 1.78. The van der Waals surface area contributed by atoms with E-state index >= 15 is 0 Å². The topological polar surface area (TPSA) is 45.8 Å². The van der Waals surface area contributed by atoms with Crippen LogP contribution < -0.4 is 4.90 Å². The molecule has 0 spiro atoms. The molecule has 2 heterocycles. The molecule has 0 unspecified atom stereocenters. The third-order valence-electron chi connectivity index (χ3n) is 4.83. The fourth-order valence-corrected chi connectivity index (χ4v) is 4.64. The van der Waals surface area contributed by atoms with Crippen LogP contribution in [0.2, 0.25) is 0 Å². The molecule has 1 aromatic heterocycles. The fourth-order valence-electron chi connectivity index (χ4n) is 3.30. The molecule has 0 bridgehead atoms. The van der Waals surface area contributed by atoms with Gasteiger partial charge < -0.3 is 4.42 Å². The molecule has 156 valence electrons. The summed E-state index contributed by atoms with van der Waals surface area (Å²) in [5.41, 5.74) is 2.57. The van der Waals surface area contributed by atoms with Gasteiger partial charge in [-0.3, -0.25) is 9.69 Å². The van der Waals surface area contributed by atoms with Crippen molar-refractivity contribution in [2.75, 3.05) is 4.90 Å². The Kier molecular flexibility index (Phi) is 5.96. The van der Waals surface area contributed by atoms with Gasteiger partial charge in [-0.15, -0.1) is 0 Å². The molecule has 0 aliphatic carbocycles. The number of rotatable bonds is 4. The number of carbonyl (C=O) groups excluding carboxylic acids is 1. The van der Waals surface area contributed by atoms with Gasteiger partial charge in [-0.25, -0.2) is 4.99 Å². The summed E-state index contributed by atoms with van der Waals surface area (Å²) in [6.45, 7) is 0. The van der Waals surface area contributed by atoms with E-state index in [0.717, 1.165) is 22.7 Å². The van der Waals surface area contributed by atoms with Gasteiger partial charge >= 0.3 is 0 Å². The number of carbonyl (C=O) groups is 1. The number of furan rings is 1. The standard InChI is InChI=1S/C26H17IN2O2S/c27-19-13-11-18(12-14-19)23-16-15-22(31-23)17-24-25(30)29(21-9-5-2-6-10-21)26(32-24)28-20-7-3-1-4-8-20/h1-17H/b24-17-,28-26?. The number of aliphatic imine (C=N–C) groups is 1. The highest BCUT2D eigenvalue weighted by molar-refractivity contribution is 14.1. The number of amides is 1. The van der Waals surface area contributed by atoms with Gasteiger partial charge in [0, 0.05) is 15.2 Å². The zero-order chi connectivity index (χ0) is 21.9. The van der Waals surface area contributed by atoms with Crippen molar-refractivity contribution in [3.8, 4) is 11.3 Å². The Balaban J connectivity index is 1.50. The molecule has 1 aliphatic rings. The largest absolute Gasteiger partial charge is 0.457 e. The lowest BCUT2D eigenvalue weighted by atomic mass is 10.2. The van der Waals surface area contributed by atoms with Crippen molar-refractivity contribution in [2.45, 2.75) is 0 Å². The van der Waals surface area contributed by atoms with Gasteiger partial charge in [-0.1, -0.05) is 48.5 Å². The number of anilines is 1. The molecule has 4 aromatic rings. The summed E-state index contributed by atoms with van der Waals surface area (Å²) in [4.78, 5) is 20.3. The predicted octanol–water partition coefficient (Wildman–Crippen LogP) is 7.36. The maximum Gasteiger partial charge on any atom is 0.271 e. The Morgan fingerprint density at radius 1 is 0.844 bits per heavy atom. The molecule has 0 saturated carbocycles. The normalized spacial score (nSPS) is 16.3. The van der Waals surface area contributed by atoms with E-state index in [1.807, 2.05) is 97.1 Å². The van der Waals surface area contributed by atoms with Crippen LogP contribution in [0.5, 0.6) is 0 Å². The molecule has 0 radical (unpaired) electrons. The summed E-state index contributed by atoms with van der Waals surface area (Å²) < 4.78 is 7.18. The summed E-state index contributed by atoms with van der Waals surface area (Å²) >= 11 is 3.62. The van der Waals surface area contributed by atoms with Crippen molar-refractivity contribution in [1.82, 2.24) is 0 Å². The molecule has 1 amide bonds. The molecule has 32 heavy (non-hydrogen) atoms. The SMILES string of the molecule is O=C1/C(=C/c2ccc(-c3ccc(I)cc3)o2)SC(=Nc2ccccc2)N1c1ccccc1. The van der Waals surface area contributed by atoms with Crippen LogP contribution in [0.15, 0.2) is 111 Å². The number of hydrogen-bond donors (Lipinski definition) is 0. The minimum absolute atomic E-state index is 0.122. The number of thioether (sulfide) groups is 1. The quantitative estimate of drug-likeness (QED) is 0.198. The maximum atomic E-state index is 13.3. The third-order valence-corrected chi connectivity index (χ3v) is 6.52. The van der Waals surface area contributed by atoms with E-state index < -0.39 is 0 Å². The molecule has 0 atom stereocenters. The van der Waals surface area contributed by atoms with E-state index in [1.165, 1.54) is 15.3 Å². The average molecular weight is 548 g/mol. The van der Waals surface area contributed by atoms with Crippen molar-refractivity contribution in [3.63, 3.8) is 0 Å². The minimum Gasteiger partial charge on any atom is -0.457 e. The smallest absolute Gasteiger partial charge is 0.271 e. The molecule has 1 aliphatic heterocycles. The van der Waals surface area contributed by atoms with E-state index in [-0.39, 0.29) is 5.91 Å². The number of amidine groups is 1. The Morgan fingerprint density at radius 2 is 1.53 bits per heavy atom. The first-order valence-electron chi connectivity index (χ1n) is 9.96. The van der Waals surface area contributed by atoms with Gasteiger partial charge in [0.15, 0.2) is 5.17 Å². The molecular formula is C26H17IN2O2S. The zero-order valence-electron chi connectivity index (χ0n) is 16.8. The molecule has 1 saturated heterocycles. The Labute approximate surface area is 203 Å². The van der Waals surface area contributed by atoms with E-state index in [2.05, 4.69) is 22.6 Å². The fraction of sp³-hybridized carbons (Fsp3) is 0. The van der Waals surface area contributed by atoms with Crippen LogP contribution in [0.4, 0.5) is 11.4 Å². The van der Waals surface area contributed by atoms with Crippen molar-refractivity contribution in [3.05, 3.63) is 111 Å². The third kappa shape index (κ3) is 4.42. The van der Waals surface area contributed by atoms with E-state index in [4.69, 9.17) is 9.41 Å². The number of para-hydroxylation sites is 2. The lowest BCUT2D eigenvalue weighted by Gasteiger charge is -2.15. The van der Waals surface area contributed by atoms with Crippen molar-refractivity contribution >= 4 is 62.9 Å². The van der Waals surface area contributed by atoms with Crippen LogP contribution in [0.25, 0.3) is 17.4 Å². The summed E-state index contributed by atoms with van der Waals surface area (Å²) in [6, 6.07) is 31.1. The van der Waals surface area contributed by atoms with Crippen LogP contribution >= 0.6 is 34.4 Å². The second kappa shape index (κ2) is 9.18. The molecular weight excluding hydrogens is 531 g/mol. The van der Waals surface area contributed by atoms with E-state index in [1.54, 1.807) is 11.0 Å². The molecule has 3 aromatic carbocycles. The minimum atomic E-state index is -0.122. The summed E-state index contributed by atoms with van der Waals surface area (Å²) in [5.74, 6) is 1.27. The lowest BCUT2D eigenvalue weighted by molar-refractivity contribution is -0.113. The second-order valence-electron chi connectivity index (χ2n) is 7.03. The molecule has 1 fully saturated rings. The second-order valence-corrected chi connectivity index (χ2v) is 9.28. The monoisotopic (exact) mass is 548 g/mol. The Morgan fingerprint density at radius 3 is 2.25 bits per heavy atom. The van der Waals surface area contributed by atoms with Gasteiger partial charge in [-0.2, -0.15) is 0 Å². The van der Waals surface area contributed by atoms with Crippen LogP contribution in [0, 0.1) is 3.57 Å². The Hall–Kier alpha value is -3.10. The van der Waals surface area contributed by atoms with Crippen molar-refractivity contribution in [2.24, 2.45) is 4.99 Å². The zero-order valence-corrected chi connectivity index (χ0v) is 19.8. The summed E-state index contributed by atoms with van der Waals surface area (Å²) in [5, 5.41) is 0.614. The van der Waals surface area contributed by atoms with Crippen molar-refractivity contribution < 1.29 is 9.21 Å². The average Bonchev–Trinajstić information content (AvgIpc) is 3.40. The number of halogens is 1. The highest BCUT2D eigenvalue weighted by atomic mass is 127. The van der Waals surface area contributed by atoms with E-state index in [0.29, 0.717) is 15.8 Å². The van der Waals surface area contributed by atoms with Crippen LogP contribution in [0.1, 0.15) is 5.76 Å². The first kappa shape index (κ1) is 20.8. The maximum absolute atomic E-state index is 13.3. The molecule has 6 heteroatoms. The van der Waals surface area contributed by atoms with Gasteiger partial charge in [-0.05, 0) is 82.9 Å². The molecule has 4 nitrogen and oxygen atoms in total. The first-order chi connectivity index (χ1) is 15.7. The predicted molar refractivity (Wildman–Crippen MR) is 140 cm³/mol. The first-order valence-corrected chi connectivity index (χ1v) is 11.9. The summed E-state index contributed by atoms with van der Waals surface area (Å²) in [7, 11) is 0. The molecule has 0 N–H and O–H groups in total. The van der Waals surface area contributed by atoms with Crippen LogP contribution in [-0.2, 0) is 4.79 Å². The van der Waals surface area contributed by atoms with Crippen LogP contribution in [0.3, 0.4) is 0 Å².